The first-order valence-corrected chi connectivity index (χ1v) is 6.45. The third-order valence-electron chi connectivity index (χ3n) is 3.14. The van der Waals surface area contributed by atoms with Gasteiger partial charge in [-0.1, -0.05) is 60.7 Å². The molecule has 0 aliphatic carbocycles. The molecule has 0 bridgehead atoms. The molecular formula is C17H20O. The molecular weight excluding hydrogens is 220 g/mol. The Kier molecular flexibility index (Phi) is 4.98. The Labute approximate surface area is 109 Å². The van der Waals surface area contributed by atoms with Gasteiger partial charge in [0.05, 0.1) is 0 Å². The summed E-state index contributed by atoms with van der Waals surface area (Å²) in [7, 11) is 1.78. The molecule has 0 aliphatic rings. The molecule has 0 N–H and O–H groups in total. The summed E-state index contributed by atoms with van der Waals surface area (Å²) in [6.45, 7) is 0.809. The van der Waals surface area contributed by atoms with E-state index in [4.69, 9.17) is 4.74 Å². The molecule has 94 valence electrons. The molecule has 0 atom stereocenters. The molecule has 18 heavy (non-hydrogen) atoms. The molecule has 0 aromatic heterocycles. The maximum atomic E-state index is 5.35. The van der Waals surface area contributed by atoms with Crippen LogP contribution in [0.15, 0.2) is 60.7 Å². The lowest BCUT2D eigenvalue weighted by Gasteiger charge is -2.16. The Morgan fingerprint density at radius 1 is 0.778 bits per heavy atom. The van der Waals surface area contributed by atoms with Crippen LogP contribution in [0.1, 0.15) is 11.1 Å². The van der Waals surface area contributed by atoms with E-state index < -0.39 is 0 Å². The van der Waals surface area contributed by atoms with Gasteiger partial charge < -0.3 is 4.74 Å². The van der Waals surface area contributed by atoms with Crippen molar-refractivity contribution in [3.8, 4) is 0 Å². The predicted octanol–water partition coefficient (Wildman–Crippen LogP) is 3.73. The van der Waals surface area contributed by atoms with Gasteiger partial charge in [-0.25, -0.2) is 0 Å². The zero-order valence-electron chi connectivity index (χ0n) is 10.9. The largest absolute Gasteiger partial charge is 0.384 e. The topological polar surface area (TPSA) is 9.23 Å². The smallest absolute Gasteiger partial charge is 0.0496 e. The van der Waals surface area contributed by atoms with E-state index in [1.165, 1.54) is 11.1 Å². The molecule has 1 nitrogen and oxygen atoms in total. The van der Waals surface area contributed by atoms with Gasteiger partial charge >= 0.3 is 0 Å². The van der Waals surface area contributed by atoms with E-state index in [1.54, 1.807) is 7.11 Å². The lowest BCUT2D eigenvalue weighted by atomic mass is 9.93. The number of rotatable bonds is 6. The van der Waals surface area contributed by atoms with Crippen LogP contribution in [-0.4, -0.2) is 13.7 Å². The standard InChI is InChI=1S/C17H20O/c1-18-14-17(12-15-8-4-2-5-9-15)13-16-10-6-3-7-11-16/h2-11,17H,12-14H2,1H3. The molecule has 0 spiro atoms. The van der Waals surface area contributed by atoms with E-state index in [9.17, 15) is 0 Å². The van der Waals surface area contributed by atoms with Crippen molar-refractivity contribution in [1.29, 1.82) is 0 Å². The monoisotopic (exact) mass is 240 g/mol. The van der Waals surface area contributed by atoms with Crippen LogP contribution in [0.4, 0.5) is 0 Å². The molecule has 1 heteroatoms. The number of methoxy groups -OCH3 is 1. The summed E-state index contributed by atoms with van der Waals surface area (Å²) in [4.78, 5) is 0. The van der Waals surface area contributed by atoms with E-state index in [-0.39, 0.29) is 0 Å². The van der Waals surface area contributed by atoms with Crippen LogP contribution < -0.4 is 0 Å². The molecule has 2 rings (SSSR count). The fourth-order valence-electron chi connectivity index (χ4n) is 2.32. The summed E-state index contributed by atoms with van der Waals surface area (Å²) in [5.41, 5.74) is 2.77. The average Bonchev–Trinajstić information content (AvgIpc) is 2.41. The first kappa shape index (κ1) is 12.8. The van der Waals surface area contributed by atoms with Gasteiger partial charge in [0.1, 0.15) is 0 Å². The summed E-state index contributed by atoms with van der Waals surface area (Å²) in [6, 6.07) is 21.3. The maximum Gasteiger partial charge on any atom is 0.0496 e. The molecule has 0 amide bonds. The first-order valence-electron chi connectivity index (χ1n) is 6.45. The van der Waals surface area contributed by atoms with Gasteiger partial charge in [-0.15, -0.1) is 0 Å². The number of benzene rings is 2. The van der Waals surface area contributed by atoms with E-state index in [0.717, 1.165) is 19.4 Å². The summed E-state index contributed by atoms with van der Waals surface area (Å²) < 4.78 is 5.35. The van der Waals surface area contributed by atoms with Gasteiger partial charge in [0.2, 0.25) is 0 Å². The quantitative estimate of drug-likeness (QED) is 0.747. The van der Waals surface area contributed by atoms with Gasteiger partial charge in [-0.2, -0.15) is 0 Å². The second kappa shape index (κ2) is 6.97. The van der Waals surface area contributed by atoms with Crippen LogP contribution in [0.25, 0.3) is 0 Å². The van der Waals surface area contributed by atoms with Gasteiger partial charge in [0, 0.05) is 13.7 Å². The number of hydrogen-bond donors (Lipinski definition) is 0. The Morgan fingerprint density at radius 2 is 1.22 bits per heavy atom. The molecule has 2 aromatic rings. The zero-order chi connectivity index (χ0) is 12.6. The molecule has 0 unspecified atom stereocenters. The van der Waals surface area contributed by atoms with E-state index in [1.807, 2.05) is 0 Å². The van der Waals surface area contributed by atoms with Gasteiger partial charge in [-0.05, 0) is 29.9 Å². The third-order valence-corrected chi connectivity index (χ3v) is 3.14. The van der Waals surface area contributed by atoms with E-state index in [2.05, 4.69) is 60.7 Å². The predicted molar refractivity (Wildman–Crippen MR) is 75.7 cm³/mol. The maximum absolute atomic E-state index is 5.35. The Morgan fingerprint density at radius 3 is 1.61 bits per heavy atom. The highest BCUT2D eigenvalue weighted by Crippen LogP contribution is 2.15. The van der Waals surface area contributed by atoms with Crippen molar-refractivity contribution in [1.82, 2.24) is 0 Å². The average molecular weight is 240 g/mol. The highest BCUT2D eigenvalue weighted by molar-refractivity contribution is 5.18. The molecule has 2 aromatic carbocycles. The van der Waals surface area contributed by atoms with Crippen molar-refractivity contribution in [3.05, 3.63) is 71.8 Å². The van der Waals surface area contributed by atoms with Crippen LogP contribution >= 0.6 is 0 Å². The highest BCUT2D eigenvalue weighted by atomic mass is 16.5. The second-order valence-corrected chi connectivity index (χ2v) is 4.70. The minimum absolute atomic E-state index is 0.541. The van der Waals surface area contributed by atoms with Crippen LogP contribution in [0.5, 0.6) is 0 Å². The van der Waals surface area contributed by atoms with Crippen LogP contribution in [0.3, 0.4) is 0 Å². The lowest BCUT2D eigenvalue weighted by molar-refractivity contribution is 0.152. The molecule has 0 heterocycles. The number of hydrogen-bond acceptors (Lipinski definition) is 1. The summed E-state index contributed by atoms with van der Waals surface area (Å²) in [5.74, 6) is 0.541. The van der Waals surface area contributed by atoms with Crippen LogP contribution in [0, 0.1) is 5.92 Å². The first-order chi connectivity index (χ1) is 8.88. The Hall–Kier alpha value is -1.60. The fourth-order valence-corrected chi connectivity index (χ4v) is 2.32. The Balaban J connectivity index is 2.00. The van der Waals surface area contributed by atoms with Crippen molar-refractivity contribution in [2.45, 2.75) is 12.8 Å². The van der Waals surface area contributed by atoms with Crippen molar-refractivity contribution < 1.29 is 4.74 Å². The normalized spacial score (nSPS) is 10.8. The fraction of sp³-hybridized carbons (Fsp3) is 0.294. The van der Waals surface area contributed by atoms with Crippen molar-refractivity contribution >= 4 is 0 Å². The summed E-state index contributed by atoms with van der Waals surface area (Å²) in [5, 5.41) is 0. The van der Waals surface area contributed by atoms with Crippen LogP contribution in [0.2, 0.25) is 0 Å². The molecule has 0 saturated carbocycles. The summed E-state index contributed by atoms with van der Waals surface area (Å²) in [6.07, 6.45) is 2.15. The van der Waals surface area contributed by atoms with Gasteiger partial charge in [-0.3, -0.25) is 0 Å². The minimum Gasteiger partial charge on any atom is -0.384 e. The van der Waals surface area contributed by atoms with Gasteiger partial charge in [0.15, 0.2) is 0 Å². The molecule has 0 aliphatic heterocycles. The van der Waals surface area contributed by atoms with E-state index >= 15 is 0 Å². The molecule has 0 fully saturated rings. The van der Waals surface area contributed by atoms with Crippen LogP contribution in [-0.2, 0) is 17.6 Å². The number of ether oxygens (including phenoxy) is 1. The second-order valence-electron chi connectivity index (χ2n) is 4.70. The van der Waals surface area contributed by atoms with Crippen molar-refractivity contribution in [2.75, 3.05) is 13.7 Å². The zero-order valence-corrected chi connectivity index (χ0v) is 10.9. The van der Waals surface area contributed by atoms with Crippen molar-refractivity contribution in [2.24, 2.45) is 5.92 Å². The van der Waals surface area contributed by atoms with Crippen molar-refractivity contribution in [3.63, 3.8) is 0 Å². The Bertz CT molecular complexity index is 394. The lowest BCUT2D eigenvalue weighted by Crippen LogP contribution is -2.14. The summed E-state index contributed by atoms with van der Waals surface area (Å²) >= 11 is 0. The van der Waals surface area contributed by atoms with E-state index in [0.29, 0.717) is 5.92 Å². The minimum atomic E-state index is 0.541. The molecule has 0 radical (unpaired) electrons. The third kappa shape index (κ3) is 4.01. The highest BCUT2D eigenvalue weighted by Gasteiger charge is 2.10. The SMILES string of the molecule is COCC(Cc1ccccc1)Cc1ccccc1. The molecule has 0 saturated heterocycles. The van der Waals surface area contributed by atoms with Gasteiger partial charge in [0.25, 0.3) is 0 Å².